The van der Waals surface area contributed by atoms with Gasteiger partial charge in [0.15, 0.2) is 12.6 Å². The second kappa shape index (κ2) is 27.4. The summed E-state index contributed by atoms with van der Waals surface area (Å²) in [6.07, 6.45) is 1.67. The molecule has 2 aliphatic heterocycles. The molecule has 23 heavy (non-hydrogen) atoms. The third-order valence-electron chi connectivity index (χ3n) is 1.96. The molecule has 0 spiro atoms. The summed E-state index contributed by atoms with van der Waals surface area (Å²) in [5, 5.41) is 0. The van der Waals surface area contributed by atoms with E-state index in [2.05, 4.69) is 37.9 Å². The highest BCUT2D eigenvalue weighted by atomic mass is 32.1. The lowest BCUT2D eigenvalue weighted by atomic mass is 10.4. The fourth-order valence-electron chi connectivity index (χ4n) is 1.15. The van der Waals surface area contributed by atoms with E-state index in [1.807, 2.05) is 27.7 Å². The van der Waals surface area contributed by atoms with E-state index >= 15 is 0 Å². The van der Waals surface area contributed by atoms with Gasteiger partial charge in [0, 0.05) is 17.3 Å². The molecule has 2 rings (SSSR count). The molecule has 8 heteroatoms. The average Bonchev–Trinajstić information content (AvgIpc) is 3.20. The van der Waals surface area contributed by atoms with Crippen molar-refractivity contribution in [1.82, 2.24) is 0 Å². The van der Waals surface area contributed by atoms with Crippen LogP contribution in [0.1, 0.15) is 34.1 Å². The van der Waals surface area contributed by atoms with E-state index in [0.29, 0.717) is 17.3 Å². The Morgan fingerprint density at radius 3 is 1.30 bits per heavy atom. The molecule has 0 saturated carbocycles. The van der Waals surface area contributed by atoms with E-state index in [-0.39, 0.29) is 12.6 Å². The number of rotatable bonds is 3. The van der Waals surface area contributed by atoms with Gasteiger partial charge < -0.3 is 23.7 Å². The minimum Gasteiger partial charge on any atom is -0.352 e. The third-order valence-corrected chi connectivity index (χ3v) is 2.71. The summed E-state index contributed by atoms with van der Waals surface area (Å²) in [6, 6.07) is 0. The van der Waals surface area contributed by atoms with Gasteiger partial charge in [-0.15, -0.1) is 0 Å². The van der Waals surface area contributed by atoms with Gasteiger partial charge in [-0.1, -0.05) is 27.7 Å². The Labute approximate surface area is 158 Å². The molecule has 0 amide bonds. The maximum atomic E-state index is 9.10. The molecule has 0 unspecified atom stereocenters. The van der Waals surface area contributed by atoms with Crippen LogP contribution < -0.4 is 0 Å². The monoisotopic (exact) mass is 390 g/mol. The van der Waals surface area contributed by atoms with Gasteiger partial charge in [-0.05, 0) is 6.42 Å². The standard InChI is InChI=1S/C5H10O2S.C4H8O2S.C2H4OS.2C2H6/c8-4-5-6-2-1-3-7-5;7-3-4-5-1-2-6-4;3-1-2-4;2*1-2/h5,8H,1-4H2;4,7H,1-3H2;1,4H,2H2;2*1-2H3. The SMILES string of the molecule is CC.CC.O=CCS.SCC1OCCCO1.SCC1OCCO1. The summed E-state index contributed by atoms with van der Waals surface area (Å²) in [6.45, 7) is 11.1. The van der Waals surface area contributed by atoms with Crippen molar-refractivity contribution in [2.75, 3.05) is 43.7 Å². The van der Waals surface area contributed by atoms with Crippen molar-refractivity contribution in [3.63, 3.8) is 0 Å². The number of carbonyl (C=O) groups is 1. The highest BCUT2D eigenvalue weighted by molar-refractivity contribution is 7.81. The van der Waals surface area contributed by atoms with Crippen molar-refractivity contribution in [2.24, 2.45) is 0 Å². The molecule has 0 N–H and O–H groups in total. The van der Waals surface area contributed by atoms with Gasteiger partial charge in [0.1, 0.15) is 6.29 Å². The topological polar surface area (TPSA) is 54.0 Å². The Bertz CT molecular complexity index is 200. The van der Waals surface area contributed by atoms with Crippen LogP contribution in [0.4, 0.5) is 0 Å². The minimum atomic E-state index is -0.0490. The molecular formula is C15H34O5S3. The van der Waals surface area contributed by atoms with E-state index in [9.17, 15) is 0 Å². The molecule has 0 aromatic heterocycles. The Hall–Kier alpha value is 0.560. The van der Waals surface area contributed by atoms with Crippen LogP contribution in [0.25, 0.3) is 0 Å². The maximum absolute atomic E-state index is 9.10. The molecule has 2 aliphatic rings. The number of ether oxygens (including phenoxy) is 4. The summed E-state index contributed by atoms with van der Waals surface area (Å²) in [7, 11) is 0. The number of aldehydes is 1. The summed E-state index contributed by atoms with van der Waals surface area (Å²) < 4.78 is 20.3. The molecule has 0 aromatic carbocycles. The Kier molecular flexibility index (Phi) is 33.8. The van der Waals surface area contributed by atoms with Gasteiger partial charge in [0.2, 0.25) is 0 Å². The fraction of sp³-hybridized carbons (Fsp3) is 0.933. The van der Waals surface area contributed by atoms with E-state index in [1.54, 1.807) is 0 Å². The van der Waals surface area contributed by atoms with Gasteiger partial charge in [0.25, 0.3) is 0 Å². The second-order valence-electron chi connectivity index (χ2n) is 3.41. The Morgan fingerprint density at radius 2 is 1.09 bits per heavy atom. The lowest BCUT2D eigenvalue weighted by Gasteiger charge is -2.20. The van der Waals surface area contributed by atoms with Crippen molar-refractivity contribution in [3.8, 4) is 0 Å². The lowest BCUT2D eigenvalue weighted by Crippen LogP contribution is -2.25. The Balaban J connectivity index is -0.000000245. The first-order valence-electron chi connectivity index (χ1n) is 8.01. The number of carbonyl (C=O) groups excluding carboxylic acids is 1. The number of thiol groups is 3. The molecule has 2 heterocycles. The molecule has 2 fully saturated rings. The molecular weight excluding hydrogens is 356 g/mol. The van der Waals surface area contributed by atoms with Crippen molar-refractivity contribution in [3.05, 3.63) is 0 Å². The largest absolute Gasteiger partial charge is 0.352 e. The summed E-state index contributed by atoms with van der Waals surface area (Å²) in [4.78, 5) is 9.10. The molecule has 2 saturated heterocycles. The summed E-state index contributed by atoms with van der Waals surface area (Å²) >= 11 is 11.5. The summed E-state index contributed by atoms with van der Waals surface area (Å²) in [5.41, 5.74) is 0. The number of hydrogen-bond donors (Lipinski definition) is 3. The molecule has 142 valence electrons. The van der Waals surface area contributed by atoms with Crippen LogP contribution in [0.3, 0.4) is 0 Å². The normalized spacial score (nSPS) is 17.0. The third kappa shape index (κ3) is 22.6. The summed E-state index contributed by atoms with van der Waals surface area (Å²) in [5.74, 6) is 1.67. The zero-order chi connectivity index (χ0) is 18.3. The zero-order valence-electron chi connectivity index (χ0n) is 14.8. The van der Waals surface area contributed by atoms with E-state index in [1.165, 1.54) is 0 Å². The van der Waals surface area contributed by atoms with Crippen LogP contribution in [0.15, 0.2) is 0 Å². The predicted molar refractivity (Wildman–Crippen MR) is 106 cm³/mol. The van der Waals surface area contributed by atoms with Crippen molar-refractivity contribution in [2.45, 2.75) is 46.7 Å². The quantitative estimate of drug-likeness (QED) is 0.511. The lowest BCUT2D eigenvalue weighted by molar-refractivity contribution is -0.163. The van der Waals surface area contributed by atoms with Crippen LogP contribution in [0.2, 0.25) is 0 Å². The van der Waals surface area contributed by atoms with Gasteiger partial charge in [-0.3, -0.25) is 0 Å². The van der Waals surface area contributed by atoms with E-state index < -0.39 is 0 Å². The molecule has 0 atom stereocenters. The van der Waals surface area contributed by atoms with Crippen molar-refractivity contribution in [1.29, 1.82) is 0 Å². The fourth-order valence-corrected chi connectivity index (χ4v) is 1.58. The molecule has 0 aromatic rings. The first kappa shape index (κ1) is 28.4. The Morgan fingerprint density at radius 1 is 0.783 bits per heavy atom. The van der Waals surface area contributed by atoms with Gasteiger partial charge in [-0.25, -0.2) is 0 Å². The van der Waals surface area contributed by atoms with Crippen LogP contribution in [-0.2, 0) is 23.7 Å². The highest BCUT2D eigenvalue weighted by Crippen LogP contribution is 2.05. The highest BCUT2D eigenvalue weighted by Gasteiger charge is 2.12. The molecule has 5 nitrogen and oxygen atoms in total. The van der Waals surface area contributed by atoms with Crippen molar-refractivity contribution < 1.29 is 23.7 Å². The molecule has 0 radical (unpaired) electrons. The first-order valence-corrected chi connectivity index (χ1v) is 9.90. The van der Waals surface area contributed by atoms with Crippen LogP contribution in [0, 0.1) is 0 Å². The minimum absolute atomic E-state index is 0.0386. The first-order chi connectivity index (χ1) is 11.3. The van der Waals surface area contributed by atoms with Crippen LogP contribution in [0.5, 0.6) is 0 Å². The second-order valence-corrected chi connectivity index (χ2v) is 4.51. The predicted octanol–water partition coefficient (Wildman–Crippen LogP) is 3.14. The smallest absolute Gasteiger partial charge is 0.166 e. The zero-order valence-corrected chi connectivity index (χ0v) is 17.5. The van der Waals surface area contributed by atoms with Gasteiger partial charge in [-0.2, -0.15) is 37.9 Å². The maximum Gasteiger partial charge on any atom is 0.166 e. The van der Waals surface area contributed by atoms with Crippen molar-refractivity contribution >= 4 is 44.2 Å². The molecule has 0 aliphatic carbocycles. The van der Waals surface area contributed by atoms with E-state index in [4.69, 9.17) is 23.7 Å². The number of hydrogen-bond acceptors (Lipinski definition) is 8. The van der Waals surface area contributed by atoms with E-state index in [0.717, 1.165) is 39.1 Å². The van der Waals surface area contributed by atoms with Gasteiger partial charge in [0.05, 0.1) is 26.4 Å². The van der Waals surface area contributed by atoms with Crippen LogP contribution in [-0.4, -0.2) is 62.6 Å². The van der Waals surface area contributed by atoms with Crippen LogP contribution >= 0.6 is 37.9 Å². The van der Waals surface area contributed by atoms with Gasteiger partial charge >= 0.3 is 0 Å². The average molecular weight is 391 g/mol. The molecule has 0 bridgehead atoms.